The van der Waals surface area contributed by atoms with Crippen molar-refractivity contribution in [1.82, 2.24) is 5.32 Å². The summed E-state index contributed by atoms with van der Waals surface area (Å²) < 4.78 is 13.6. The number of hydrogen-bond acceptors (Lipinski definition) is 2. The van der Waals surface area contributed by atoms with Gasteiger partial charge in [0.2, 0.25) is 11.8 Å². The Kier molecular flexibility index (Phi) is 4.97. The van der Waals surface area contributed by atoms with Gasteiger partial charge < -0.3 is 10.6 Å². The lowest BCUT2D eigenvalue weighted by Gasteiger charge is -2.16. The van der Waals surface area contributed by atoms with E-state index in [1.165, 1.54) is 6.07 Å². The van der Waals surface area contributed by atoms with E-state index in [0.29, 0.717) is 34.1 Å². The Balaban J connectivity index is 1.65. The van der Waals surface area contributed by atoms with Crippen molar-refractivity contribution in [2.75, 3.05) is 5.32 Å². The summed E-state index contributed by atoms with van der Waals surface area (Å²) in [6.07, 6.45) is 0.881. The summed E-state index contributed by atoms with van der Waals surface area (Å²) >= 11 is 11.8. The van der Waals surface area contributed by atoms with Crippen molar-refractivity contribution in [3.05, 3.63) is 63.9 Å². The van der Waals surface area contributed by atoms with Gasteiger partial charge in [0.25, 0.3) is 0 Å². The third kappa shape index (κ3) is 3.94. The van der Waals surface area contributed by atoms with E-state index in [2.05, 4.69) is 10.6 Å². The minimum atomic E-state index is -1.12. The number of benzene rings is 2. The van der Waals surface area contributed by atoms with Gasteiger partial charge in [0.05, 0.1) is 0 Å². The van der Waals surface area contributed by atoms with Gasteiger partial charge in [-0.25, -0.2) is 4.39 Å². The van der Waals surface area contributed by atoms with Crippen LogP contribution < -0.4 is 10.6 Å². The van der Waals surface area contributed by atoms with Crippen LogP contribution in [0.4, 0.5) is 10.1 Å². The fourth-order valence-electron chi connectivity index (χ4n) is 2.55. The first kappa shape index (κ1) is 17.7. The zero-order chi connectivity index (χ0) is 18.0. The monoisotopic (exact) mass is 380 g/mol. The zero-order valence-corrected chi connectivity index (χ0v) is 14.6. The number of carbonyl (C=O) groups excluding carboxylic acids is 2. The van der Waals surface area contributed by atoms with Crippen LogP contribution in [0, 0.1) is 11.2 Å². The second-order valence-electron chi connectivity index (χ2n) is 5.97. The fraction of sp³-hybridized carbons (Fsp3) is 0.222. The van der Waals surface area contributed by atoms with Crippen LogP contribution in [0.15, 0.2) is 42.5 Å². The first-order valence-electron chi connectivity index (χ1n) is 7.70. The largest absolute Gasteiger partial charge is 0.351 e. The van der Waals surface area contributed by atoms with Crippen LogP contribution in [0.1, 0.15) is 18.4 Å². The molecule has 0 unspecified atom stereocenters. The lowest BCUT2D eigenvalue weighted by Crippen LogP contribution is -2.39. The molecule has 0 aliphatic heterocycles. The molecule has 0 atom stereocenters. The maximum Gasteiger partial charge on any atom is 0.240 e. The smallest absolute Gasteiger partial charge is 0.240 e. The molecule has 2 aromatic carbocycles. The van der Waals surface area contributed by atoms with Crippen molar-refractivity contribution in [2.24, 2.45) is 5.41 Å². The predicted molar refractivity (Wildman–Crippen MR) is 95.0 cm³/mol. The second kappa shape index (κ2) is 7.02. The molecule has 0 bridgehead atoms. The molecule has 2 aromatic rings. The minimum absolute atomic E-state index is 0.0313. The summed E-state index contributed by atoms with van der Waals surface area (Å²) in [5.41, 5.74) is -0.329. The molecule has 2 amide bonds. The molecular weight excluding hydrogens is 366 g/mol. The predicted octanol–water partition coefficient (Wildman–Crippen LogP) is 4.17. The quantitative estimate of drug-likeness (QED) is 0.764. The summed E-state index contributed by atoms with van der Waals surface area (Å²) in [6.45, 7) is 0.0313. The highest BCUT2D eigenvalue weighted by atomic mass is 35.5. The van der Waals surface area contributed by atoms with E-state index >= 15 is 0 Å². The van der Waals surface area contributed by atoms with Crippen molar-refractivity contribution in [3.63, 3.8) is 0 Å². The van der Waals surface area contributed by atoms with Crippen LogP contribution in [0.3, 0.4) is 0 Å². The van der Waals surface area contributed by atoms with Crippen molar-refractivity contribution < 1.29 is 14.0 Å². The summed E-state index contributed by atoms with van der Waals surface area (Å²) in [4.78, 5) is 24.9. The van der Waals surface area contributed by atoms with Crippen LogP contribution in [0.5, 0.6) is 0 Å². The topological polar surface area (TPSA) is 58.2 Å². The van der Waals surface area contributed by atoms with Crippen LogP contribution >= 0.6 is 23.2 Å². The molecule has 25 heavy (non-hydrogen) atoms. The number of nitrogens with one attached hydrogen (secondary N) is 2. The Morgan fingerprint density at radius 3 is 2.28 bits per heavy atom. The fourth-order valence-corrected chi connectivity index (χ4v) is 3.07. The van der Waals surface area contributed by atoms with Crippen LogP contribution in [-0.2, 0) is 16.1 Å². The van der Waals surface area contributed by atoms with E-state index in [-0.39, 0.29) is 6.54 Å². The van der Waals surface area contributed by atoms with E-state index in [1.807, 2.05) is 0 Å². The molecule has 0 aromatic heterocycles. The van der Waals surface area contributed by atoms with E-state index < -0.39 is 23.0 Å². The first-order valence-corrected chi connectivity index (χ1v) is 8.45. The molecule has 7 heteroatoms. The highest BCUT2D eigenvalue weighted by molar-refractivity contribution is 6.35. The number of carbonyl (C=O) groups is 2. The molecule has 0 radical (unpaired) electrons. The van der Waals surface area contributed by atoms with Gasteiger partial charge in [0.15, 0.2) is 0 Å². The van der Waals surface area contributed by atoms with Crippen molar-refractivity contribution in [1.29, 1.82) is 0 Å². The van der Waals surface area contributed by atoms with Crippen LogP contribution in [-0.4, -0.2) is 11.8 Å². The number of halogens is 3. The van der Waals surface area contributed by atoms with Crippen molar-refractivity contribution in [2.45, 2.75) is 19.4 Å². The Bertz CT molecular complexity index is 817. The lowest BCUT2D eigenvalue weighted by molar-refractivity contribution is -0.134. The van der Waals surface area contributed by atoms with E-state index in [0.717, 1.165) is 0 Å². The van der Waals surface area contributed by atoms with Gasteiger partial charge in [-0.1, -0.05) is 41.4 Å². The number of anilines is 1. The van der Waals surface area contributed by atoms with E-state index in [4.69, 9.17) is 23.2 Å². The highest BCUT2D eigenvalue weighted by Crippen LogP contribution is 2.47. The lowest BCUT2D eigenvalue weighted by atomic mass is 10.0. The number of rotatable bonds is 5. The van der Waals surface area contributed by atoms with Gasteiger partial charge >= 0.3 is 0 Å². The van der Waals surface area contributed by atoms with Gasteiger partial charge in [-0.3, -0.25) is 9.59 Å². The van der Waals surface area contributed by atoms with Gasteiger partial charge in [-0.2, -0.15) is 0 Å². The van der Waals surface area contributed by atoms with Gasteiger partial charge in [-0.05, 0) is 37.1 Å². The van der Waals surface area contributed by atoms with Crippen LogP contribution in [0.2, 0.25) is 10.0 Å². The van der Waals surface area contributed by atoms with Gasteiger partial charge in [0.1, 0.15) is 11.2 Å². The maximum atomic E-state index is 13.6. The molecule has 130 valence electrons. The number of hydrogen-bond donors (Lipinski definition) is 2. The van der Waals surface area contributed by atoms with Crippen molar-refractivity contribution >= 4 is 40.7 Å². The third-order valence-electron chi connectivity index (χ3n) is 4.14. The normalized spacial score (nSPS) is 14.7. The van der Waals surface area contributed by atoms with Gasteiger partial charge in [0, 0.05) is 27.8 Å². The van der Waals surface area contributed by atoms with Crippen LogP contribution in [0.25, 0.3) is 0 Å². The Labute approximate surface area is 154 Å². The number of amides is 2. The molecule has 1 aliphatic carbocycles. The maximum absolute atomic E-state index is 13.6. The van der Waals surface area contributed by atoms with E-state index in [9.17, 15) is 14.0 Å². The summed E-state index contributed by atoms with van der Waals surface area (Å²) in [5, 5.41) is 6.09. The Morgan fingerprint density at radius 1 is 1.04 bits per heavy atom. The third-order valence-corrected chi connectivity index (χ3v) is 4.57. The summed E-state index contributed by atoms with van der Waals surface area (Å²) in [7, 11) is 0. The second-order valence-corrected chi connectivity index (χ2v) is 6.84. The van der Waals surface area contributed by atoms with E-state index in [1.54, 1.807) is 36.4 Å². The average Bonchev–Trinajstić information content (AvgIpc) is 3.34. The Hall–Kier alpha value is -2.11. The molecule has 0 heterocycles. The average molecular weight is 381 g/mol. The SMILES string of the molecule is O=C(NCc1ccccc1F)C1(C(=O)Nc2cc(Cl)cc(Cl)c2)CC1. The molecule has 1 saturated carbocycles. The Morgan fingerprint density at radius 2 is 1.68 bits per heavy atom. The molecular formula is C18H15Cl2FN2O2. The summed E-state index contributed by atoms with van der Waals surface area (Å²) in [6, 6.07) is 10.8. The molecule has 1 fully saturated rings. The molecule has 0 spiro atoms. The minimum Gasteiger partial charge on any atom is -0.351 e. The standard InChI is InChI=1S/C18H15Cl2FN2O2/c19-12-7-13(20)9-14(8-12)23-17(25)18(5-6-18)16(24)22-10-11-3-1-2-4-15(11)21/h1-4,7-9H,5-6,10H2,(H,22,24)(H,23,25). The molecule has 0 saturated heterocycles. The zero-order valence-electron chi connectivity index (χ0n) is 13.1. The first-order chi connectivity index (χ1) is 11.9. The molecule has 2 N–H and O–H groups in total. The van der Waals surface area contributed by atoms with Crippen molar-refractivity contribution in [3.8, 4) is 0 Å². The highest BCUT2D eigenvalue weighted by Gasteiger charge is 2.56. The molecule has 4 nitrogen and oxygen atoms in total. The summed E-state index contributed by atoms with van der Waals surface area (Å²) in [5.74, 6) is -1.23. The van der Waals surface area contributed by atoms with Gasteiger partial charge in [-0.15, -0.1) is 0 Å². The molecule has 1 aliphatic rings. The molecule has 3 rings (SSSR count).